The summed E-state index contributed by atoms with van der Waals surface area (Å²) in [4.78, 5) is 29.8. The van der Waals surface area contributed by atoms with E-state index in [1.54, 1.807) is 37.3 Å². The zero-order valence-corrected chi connectivity index (χ0v) is 15.8. The summed E-state index contributed by atoms with van der Waals surface area (Å²) in [6.07, 6.45) is 2.05. The number of nitrogens with one attached hydrogen (secondary N) is 1. The van der Waals surface area contributed by atoms with Crippen LogP contribution in [0.15, 0.2) is 47.3 Å². The molecule has 6 nitrogen and oxygen atoms in total. The first-order valence-corrected chi connectivity index (χ1v) is 9.04. The summed E-state index contributed by atoms with van der Waals surface area (Å²) in [5.41, 5.74) is 2.15. The second kappa shape index (κ2) is 8.03. The van der Waals surface area contributed by atoms with Gasteiger partial charge in [-0.2, -0.15) is 0 Å². The van der Waals surface area contributed by atoms with Crippen molar-refractivity contribution in [3.05, 3.63) is 69.8 Å². The molecule has 1 amide bonds. The van der Waals surface area contributed by atoms with Gasteiger partial charge in [-0.25, -0.2) is 4.98 Å². The monoisotopic (exact) mass is 365 g/mol. The molecule has 0 bridgehead atoms. The van der Waals surface area contributed by atoms with E-state index in [1.165, 1.54) is 4.40 Å². The number of anilines is 1. The average Bonchev–Trinajstić information content (AvgIpc) is 2.65. The molecule has 0 aliphatic rings. The van der Waals surface area contributed by atoms with Gasteiger partial charge in [0.25, 0.3) is 11.5 Å². The zero-order chi connectivity index (χ0) is 19.4. The van der Waals surface area contributed by atoms with Crippen LogP contribution in [0.5, 0.6) is 5.75 Å². The number of benzene rings is 1. The van der Waals surface area contributed by atoms with E-state index in [-0.39, 0.29) is 17.2 Å². The Balaban J connectivity index is 1.84. The number of hydrogen-bond acceptors (Lipinski definition) is 4. The van der Waals surface area contributed by atoms with E-state index < -0.39 is 0 Å². The van der Waals surface area contributed by atoms with Crippen LogP contribution in [-0.2, 0) is 0 Å². The van der Waals surface area contributed by atoms with Crippen molar-refractivity contribution in [1.82, 2.24) is 9.38 Å². The molecule has 0 aliphatic carbocycles. The molecular formula is C21H23N3O3. The third-order valence-electron chi connectivity index (χ3n) is 4.35. The van der Waals surface area contributed by atoms with Crippen LogP contribution in [0.3, 0.4) is 0 Å². The highest BCUT2D eigenvalue weighted by Crippen LogP contribution is 2.15. The highest BCUT2D eigenvalue weighted by atomic mass is 16.5. The van der Waals surface area contributed by atoms with E-state index in [1.807, 2.05) is 19.1 Å². The Kier molecular flexibility index (Phi) is 5.54. The number of ether oxygens (including phenoxy) is 1. The van der Waals surface area contributed by atoms with Crippen molar-refractivity contribution in [3.63, 3.8) is 0 Å². The van der Waals surface area contributed by atoms with Crippen LogP contribution in [-0.4, -0.2) is 21.9 Å². The van der Waals surface area contributed by atoms with Crippen LogP contribution >= 0.6 is 0 Å². The van der Waals surface area contributed by atoms with Crippen LogP contribution in [0.1, 0.15) is 41.5 Å². The molecule has 3 aromatic rings. The van der Waals surface area contributed by atoms with Gasteiger partial charge in [0.1, 0.15) is 17.1 Å². The minimum atomic E-state index is -0.356. The van der Waals surface area contributed by atoms with Crippen LogP contribution in [0.2, 0.25) is 0 Å². The normalized spacial score (nSPS) is 10.8. The maximum atomic E-state index is 12.8. The van der Waals surface area contributed by atoms with Crippen molar-refractivity contribution in [2.75, 3.05) is 11.9 Å². The van der Waals surface area contributed by atoms with Gasteiger partial charge in [0.2, 0.25) is 0 Å². The SMILES string of the molecule is CCCCOc1ccc(C(=O)Nc2c(C)nc3cccc(C)n3c2=O)cc1. The number of aryl methyl sites for hydroxylation is 2. The molecule has 1 aromatic carbocycles. The van der Waals surface area contributed by atoms with Crippen molar-refractivity contribution in [1.29, 1.82) is 0 Å². The first-order chi connectivity index (χ1) is 13.0. The number of carbonyl (C=O) groups excluding carboxylic acids is 1. The van der Waals surface area contributed by atoms with Gasteiger partial charge in [-0.15, -0.1) is 0 Å². The number of pyridine rings is 1. The summed E-state index contributed by atoms with van der Waals surface area (Å²) in [5, 5.41) is 2.71. The lowest BCUT2D eigenvalue weighted by atomic mass is 10.2. The molecule has 0 aliphatic heterocycles. The highest BCUT2D eigenvalue weighted by Gasteiger charge is 2.15. The lowest BCUT2D eigenvalue weighted by Gasteiger charge is -2.11. The van der Waals surface area contributed by atoms with Gasteiger partial charge in [0.05, 0.1) is 12.3 Å². The third-order valence-corrected chi connectivity index (χ3v) is 4.35. The molecule has 0 atom stereocenters. The van der Waals surface area contributed by atoms with Crippen LogP contribution in [0, 0.1) is 13.8 Å². The van der Waals surface area contributed by atoms with Crippen molar-refractivity contribution in [2.45, 2.75) is 33.6 Å². The summed E-state index contributed by atoms with van der Waals surface area (Å²) in [7, 11) is 0. The Morgan fingerprint density at radius 2 is 1.89 bits per heavy atom. The maximum Gasteiger partial charge on any atom is 0.282 e. The molecule has 6 heteroatoms. The Labute approximate surface area is 157 Å². The fourth-order valence-electron chi connectivity index (χ4n) is 2.82. The van der Waals surface area contributed by atoms with Crippen LogP contribution in [0.4, 0.5) is 5.69 Å². The van der Waals surface area contributed by atoms with Crippen molar-refractivity contribution in [3.8, 4) is 5.75 Å². The Morgan fingerprint density at radius 3 is 2.59 bits per heavy atom. The predicted octanol–water partition coefficient (Wildman–Crippen LogP) is 3.74. The number of fused-ring (bicyclic) bond motifs is 1. The van der Waals surface area contributed by atoms with E-state index in [0.29, 0.717) is 23.5 Å². The number of rotatable bonds is 6. The van der Waals surface area contributed by atoms with E-state index in [4.69, 9.17) is 4.74 Å². The van der Waals surface area contributed by atoms with Crippen LogP contribution < -0.4 is 15.6 Å². The van der Waals surface area contributed by atoms with Crippen molar-refractivity contribution < 1.29 is 9.53 Å². The molecule has 0 unspecified atom stereocenters. The minimum Gasteiger partial charge on any atom is -0.494 e. The fraction of sp³-hybridized carbons (Fsp3) is 0.286. The third kappa shape index (κ3) is 4.00. The first kappa shape index (κ1) is 18.6. The molecule has 1 N–H and O–H groups in total. The van der Waals surface area contributed by atoms with Gasteiger partial charge in [0.15, 0.2) is 0 Å². The van der Waals surface area contributed by atoms with Crippen molar-refractivity contribution in [2.24, 2.45) is 0 Å². The quantitative estimate of drug-likeness (QED) is 0.676. The van der Waals surface area contributed by atoms with Gasteiger partial charge < -0.3 is 10.1 Å². The second-order valence-electron chi connectivity index (χ2n) is 6.42. The van der Waals surface area contributed by atoms with E-state index >= 15 is 0 Å². The molecule has 0 saturated carbocycles. The molecule has 0 radical (unpaired) electrons. The van der Waals surface area contributed by atoms with Gasteiger partial charge in [-0.05, 0) is 56.7 Å². The molecule has 0 fully saturated rings. The number of aromatic nitrogens is 2. The van der Waals surface area contributed by atoms with Gasteiger partial charge in [-0.3, -0.25) is 14.0 Å². The number of amides is 1. The van der Waals surface area contributed by atoms with E-state index in [9.17, 15) is 9.59 Å². The Bertz CT molecular complexity index is 1020. The van der Waals surface area contributed by atoms with Gasteiger partial charge >= 0.3 is 0 Å². The molecule has 3 rings (SSSR count). The summed E-state index contributed by atoms with van der Waals surface area (Å²) < 4.78 is 7.10. The minimum absolute atomic E-state index is 0.190. The molecule has 2 aromatic heterocycles. The molecule has 140 valence electrons. The molecule has 0 saturated heterocycles. The van der Waals surface area contributed by atoms with E-state index in [2.05, 4.69) is 17.2 Å². The Hall–Kier alpha value is -3.15. The second-order valence-corrected chi connectivity index (χ2v) is 6.42. The fourth-order valence-corrected chi connectivity index (χ4v) is 2.82. The molecule has 0 spiro atoms. The highest BCUT2D eigenvalue weighted by molar-refractivity contribution is 6.04. The molecule has 2 heterocycles. The molecular weight excluding hydrogens is 342 g/mol. The topological polar surface area (TPSA) is 72.7 Å². The number of hydrogen-bond donors (Lipinski definition) is 1. The number of carbonyl (C=O) groups is 1. The average molecular weight is 365 g/mol. The predicted molar refractivity (Wildman–Crippen MR) is 106 cm³/mol. The molecule has 27 heavy (non-hydrogen) atoms. The van der Waals surface area contributed by atoms with Crippen LogP contribution in [0.25, 0.3) is 5.65 Å². The number of nitrogens with zero attached hydrogens (tertiary/aromatic N) is 2. The lowest BCUT2D eigenvalue weighted by Crippen LogP contribution is -2.26. The smallest absolute Gasteiger partial charge is 0.282 e. The largest absolute Gasteiger partial charge is 0.494 e. The zero-order valence-electron chi connectivity index (χ0n) is 15.8. The standard InChI is InChI=1S/C21H23N3O3/c1-4-5-13-27-17-11-9-16(10-12-17)20(25)23-19-15(3)22-18-8-6-7-14(2)24(18)21(19)26/h6-12H,4-5,13H2,1-3H3,(H,23,25). The van der Waals surface area contributed by atoms with Gasteiger partial charge in [-0.1, -0.05) is 19.4 Å². The summed E-state index contributed by atoms with van der Waals surface area (Å²) in [6, 6.07) is 12.3. The summed E-state index contributed by atoms with van der Waals surface area (Å²) in [6.45, 7) is 6.29. The van der Waals surface area contributed by atoms with Crippen molar-refractivity contribution >= 4 is 17.2 Å². The maximum absolute atomic E-state index is 12.8. The van der Waals surface area contributed by atoms with Gasteiger partial charge in [0, 0.05) is 11.3 Å². The Morgan fingerprint density at radius 1 is 1.15 bits per heavy atom. The summed E-state index contributed by atoms with van der Waals surface area (Å²) in [5.74, 6) is 0.366. The lowest BCUT2D eigenvalue weighted by molar-refractivity contribution is 0.102. The van der Waals surface area contributed by atoms with E-state index in [0.717, 1.165) is 24.3 Å². The number of unbranched alkanes of at least 4 members (excludes halogenated alkanes) is 1. The first-order valence-electron chi connectivity index (χ1n) is 9.04. The summed E-state index contributed by atoms with van der Waals surface area (Å²) >= 11 is 0.